The number of carbonyl (C=O) groups excluding carboxylic acids is 1. The van der Waals surface area contributed by atoms with Crippen LogP contribution < -0.4 is 34.7 Å². The van der Waals surface area contributed by atoms with Crippen molar-refractivity contribution in [3.8, 4) is 0 Å². The van der Waals surface area contributed by atoms with E-state index in [1.54, 1.807) is 0 Å². The molecule has 0 rings (SSSR count). The van der Waals surface area contributed by atoms with Gasteiger partial charge in [-0.3, -0.25) is 0 Å². The van der Waals surface area contributed by atoms with E-state index in [0.29, 0.717) is 12.2 Å². The minimum Gasteiger partial charge on any atom is -0.545 e. The van der Waals surface area contributed by atoms with Crippen LogP contribution in [0.25, 0.3) is 0 Å². The maximum atomic E-state index is 9.55. The Labute approximate surface area is 108 Å². The van der Waals surface area contributed by atoms with E-state index >= 15 is 0 Å². The predicted octanol–water partition coefficient (Wildman–Crippen LogP) is -3.97. The van der Waals surface area contributed by atoms with Crippen molar-refractivity contribution in [1.82, 2.24) is 0 Å². The molecule has 0 radical (unpaired) electrons. The van der Waals surface area contributed by atoms with Crippen molar-refractivity contribution in [3.05, 3.63) is 24.3 Å². The van der Waals surface area contributed by atoms with Gasteiger partial charge in [-0.15, -0.1) is 0 Å². The van der Waals surface area contributed by atoms with Gasteiger partial charge in [-0.1, -0.05) is 6.58 Å². The molecule has 0 unspecified atom stereocenters. The SMILES string of the molecule is C=C(C)C(=O)[O-].O=C(O)C=CC(=O)O.[Na+]. The molecular formula is C8H9NaO6. The first-order valence-electron chi connectivity index (χ1n) is 3.28. The summed E-state index contributed by atoms with van der Waals surface area (Å²) in [6.45, 7) is 4.48. The number of carboxylic acids is 3. The van der Waals surface area contributed by atoms with E-state index in [1.165, 1.54) is 6.92 Å². The van der Waals surface area contributed by atoms with Gasteiger partial charge in [0.25, 0.3) is 0 Å². The summed E-state index contributed by atoms with van der Waals surface area (Å²) in [6.07, 6.45) is 1.12. The fraction of sp³-hybridized carbons (Fsp3) is 0.125. The molecule has 2 N–H and O–H groups in total. The molecule has 0 fully saturated rings. The third-order valence-corrected chi connectivity index (χ3v) is 0.717. The van der Waals surface area contributed by atoms with Gasteiger partial charge in [0, 0.05) is 12.2 Å². The van der Waals surface area contributed by atoms with E-state index in [0.717, 1.165) is 0 Å². The molecule has 0 aliphatic rings. The molecule has 0 aromatic rings. The second-order valence-corrected chi connectivity index (χ2v) is 2.08. The van der Waals surface area contributed by atoms with Crippen LogP contribution in [0.2, 0.25) is 0 Å². The van der Waals surface area contributed by atoms with Crippen molar-refractivity contribution in [2.45, 2.75) is 6.92 Å². The number of rotatable bonds is 3. The second kappa shape index (κ2) is 11.0. The Morgan fingerprint density at radius 2 is 1.33 bits per heavy atom. The van der Waals surface area contributed by atoms with Crippen molar-refractivity contribution in [2.75, 3.05) is 0 Å². The van der Waals surface area contributed by atoms with Gasteiger partial charge >= 0.3 is 41.5 Å². The molecule has 0 heterocycles. The zero-order valence-electron chi connectivity index (χ0n) is 8.39. The van der Waals surface area contributed by atoms with E-state index in [2.05, 4.69) is 6.58 Å². The molecule has 0 saturated heterocycles. The minimum atomic E-state index is -1.26. The normalized spacial score (nSPS) is 8.07. The van der Waals surface area contributed by atoms with Gasteiger partial charge in [-0.05, 0) is 12.5 Å². The first-order chi connectivity index (χ1) is 6.27. The molecule has 0 amide bonds. The Hall–Kier alpha value is -1.11. The van der Waals surface area contributed by atoms with Crippen LogP contribution in [0, 0.1) is 0 Å². The number of hydrogen-bond donors (Lipinski definition) is 2. The summed E-state index contributed by atoms with van der Waals surface area (Å²) < 4.78 is 0. The quantitative estimate of drug-likeness (QED) is 0.373. The van der Waals surface area contributed by atoms with Crippen LogP contribution in [0.15, 0.2) is 24.3 Å². The van der Waals surface area contributed by atoms with Crippen LogP contribution in [-0.2, 0) is 14.4 Å². The second-order valence-electron chi connectivity index (χ2n) is 2.08. The monoisotopic (exact) mass is 224 g/mol. The van der Waals surface area contributed by atoms with Gasteiger partial charge in [0.05, 0.1) is 5.97 Å². The third-order valence-electron chi connectivity index (χ3n) is 0.717. The van der Waals surface area contributed by atoms with Crippen LogP contribution in [-0.4, -0.2) is 28.1 Å². The van der Waals surface area contributed by atoms with Crippen molar-refractivity contribution in [3.63, 3.8) is 0 Å². The summed E-state index contributed by atoms with van der Waals surface area (Å²) in [4.78, 5) is 28.6. The van der Waals surface area contributed by atoms with Crippen molar-refractivity contribution in [2.24, 2.45) is 0 Å². The van der Waals surface area contributed by atoms with E-state index in [9.17, 15) is 19.5 Å². The van der Waals surface area contributed by atoms with E-state index in [1.807, 2.05) is 0 Å². The Morgan fingerprint density at radius 1 is 1.13 bits per heavy atom. The first-order valence-corrected chi connectivity index (χ1v) is 3.28. The molecule has 0 atom stereocenters. The fourth-order valence-electron chi connectivity index (χ4n) is 0.143. The van der Waals surface area contributed by atoms with E-state index < -0.39 is 17.9 Å². The van der Waals surface area contributed by atoms with Gasteiger partial charge in [-0.2, -0.15) is 0 Å². The summed E-state index contributed by atoms with van der Waals surface area (Å²) in [5, 5.41) is 25.1. The summed E-state index contributed by atoms with van der Waals surface area (Å²) in [5.74, 6) is -3.70. The zero-order valence-corrected chi connectivity index (χ0v) is 10.4. The minimum absolute atomic E-state index is 0. The summed E-state index contributed by atoms with van der Waals surface area (Å²) in [6, 6.07) is 0. The molecular weight excluding hydrogens is 215 g/mol. The topological polar surface area (TPSA) is 115 Å². The van der Waals surface area contributed by atoms with Crippen LogP contribution in [0.5, 0.6) is 0 Å². The number of carbonyl (C=O) groups is 3. The van der Waals surface area contributed by atoms with E-state index in [-0.39, 0.29) is 35.1 Å². The molecule has 0 aromatic carbocycles. The van der Waals surface area contributed by atoms with E-state index in [4.69, 9.17) is 10.2 Å². The molecule has 7 heteroatoms. The maximum absolute atomic E-state index is 9.55. The van der Waals surface area contributed by atoms with Gasteiger partial charge in [-0.25, -0.2) is 9.59 Å². The van der Waals surface area contributed by atoms with Gasteiger partial charge in [0.15, 0.2) is 0 Å². The average molecular weight is 224 g/mol. The van der Waals surface area contributed by atoms with Gasteiger partial charge in [0.2, 0.25) is 0 Å². The number of hydrogen-bond acceptors (Lipinski definition) is 4. The Morgan fingerprint density at radius 3 is 1.40 bits per heavy atom. The summed E-state index contributed by atoms with van der Waals surface area (Å²) in [7, 11) is 0. The Balaban J connectivity index is -0.000000187. The number of aliphatic carboxylic acids is 3. The molecule has 0 bridgehead atoms. The van der Waals surface area contributed by atoms with Crippen LogP contribution in [0.4, 0.5) is 0 Å². The molecule has 0 spiro atoms. The Kier molecular flexibility index (Phi) is 14.2. The summed E-state index contributed by atoms with van der Waals surface area (Å²) >= 11 is 0. The molecule has 78 valence electrons. The van der Waals surface area contributed by atoms with Crippen molar-refractivity contribution in [1.29, 1.82) is 0 Å². The molecule has 6 nitrogen and oxygen atoms in total. The van der Waals surface area contributed by atoms with Gasteiger partial charge < -0.3 is 20.1 Å². The molecule has 0 aliphatic heterocycles. The largest absolute Gasteiger partial charge is 1.00 e. The van der Waals surface area contributed by atoms with Crippen LogP contribution in [0.1, 0.15) is 6.92 Å². The standard InChI is InChI=1S/C4H4O4.C4H6O2.Na/c5-3(6)1-2-4(7)8;1-3(2)4(5)6;/h1-2H,(H,5,6)(H,7,8);1H2,2H3,(H,5,6);/q;;+1/p-1. The molecule has 15 heavy (non-hydrogen) atoms. The molecule has 0 aromatic heterocycles. The van der Waals surface area contributed by atoms with Crippen LogP contribution in [0.3, 0.4) is 0 Å². The zero-order chi connectivity index (χ0) is 11.7. The smallest absolute Gasteiger partial charge is 0.545 e. The first kappa shape index (κ1) is 19.5. The third kappa shape index (κ3) is 24.6. The molecule has 0 aliphatic carbocycles. The van der Waals surface area contributed by atoms with Crippen molar-refractivity contribution >= 4 is 17.9 Å². The average Bonchev–Trinajstić information content (AvgIpc) is 2.01. The molecule has 0 saturated carbocycles. The predicted molar refractivity (Wildman–Crippen MR) is 44.2 cm³/mol. The summed E-state index contributed by atoms with van der Waals surface area (Å²) in [5.41, 5.74) is 0.0648. The number of carboxylic acid groups (broad SMARTS) is 3. The maximum Gasteiger partial charge on any atom is 1.00 e. The van der Waals surface area contributed by atoms with Crippen LogP contribution >= 0.6 is 0 Å². The van der Waals surface area contributed by atoms with Gasteiger partial charge in [0.1, 0.15) is 0 Å². The Bertz CT molecular complexity index is 253. The fourth-order valence-corrected chi connectivity index (χ4v) is 0.143. The van der Waals surface area contributed by atoms with Crippen molar-refractivity contribution < 1.29 is 59.3 Å².